The Morgan fingerprint density at radius 2 is 2.10 bits per heavy atom. The number of fused-ring (bicyclic) bond motifs is 1. The van der Waals surface area contributed by atoms with Crippen molar-refractivity contribution in [3.63, 3.8) is 0 Å². The molecule has 2 aromatic carbocycles. The van der Waals surface area contributed by atoms with Gasteiger partial charge in [-0.2, -0.15) is 0 Å². The van der Waals surface area contributed by atoms with Crippen LogP contribution in [0.5, 0.6) is 5.75 Å². The minimum atomic E-state index is -0.410. The molecule has 0 aromatic heterocycles. The molecular formula is C17H15FO3. The molecule has 0 saturated carbocycles. The molecule has 1 atom stereocenters. The van der Waals surface area contributed by atoms with Gasteiger partial charge in [0.1, 0.15) is 17.7 Å². The molecule has 1 unspecified atom stereocenters. The number of hydrogen-bond acceptors (Lipinski definition) is 3. The molecular weight excluding hydrogens is 271 g/mol. The Bertz CT molecular complexity index is 681. The predicted molar refractivity (Wildman–Crippen MR) is 75.9 cm³/mol. The van der Waals surface area contributed by atoms with E-state index in [9.17, 15) is 9.18 Å². The largest absolute Gasteiger partial charge is 0.484 e. The van der Waals surface area contributed by atoms with Gasteiger partial charge in [-0.15, -0.1) is 0 Å². The highest BCUT2D eigenvalue weighted by Gasteiger charge is 2.29. The number of hydrogen-bond donors (Lipinski definition) is 0. The van der Waals surface area contributed by atoms with Crippen LogP contribution in [0.4, 0.5) is 4.39 Å². The zero-order chi connectivity index (χ0) is 14.8. The number of carbonyl (C=O) groups is 1. The Kier molecular flexibility index (Phi) is 3.71. The van der Waals surface area contributed by atoms with Crippen molar-refractivity contribution in [1.82, 2.24) is 0 Å². The fourth-order valence-corrected chi connectivity index (χ4v) is 2.61. The molecule has 1 aliphatic heterocycles. The lowest BCUT2D eigenvalue weighted by Gasteiger charge is -2.27. The molecule has 0 saturated heterocycles. The number of ketones is 1. The molecule has 3 nitrogen and oxygen atoms in total. The highest BCUT2D eigenvalue weighted by Crippen LogP contribution is 2.36. The van der Waals surface area contributed by atoms with Crippen molar-refractivity contribution in [3.8, 4) is 5.75 Å². The number of rotatable bonds is 3. The molecule has 3 rings (SSSR count). The van der Waals surface area contributed by atoms with E-state index >= 15 is 0 Å². The van der Waals surface area contributed by atoms with Crippen molar-refractivity contribution < 1.29 is 18.7 Å². The van der Waals surface area contributed by atoms with Gasteiger partial charge in [-0.1, -0.05) is 24.3 Å². The summed E-state index contributed by atoms with van der Waals surface area (Å²) < 4.78 is 24.4. The average Bonchev–Trinajstić information content (AvgIpc) is 2.47. The first-order chi connectivity index (χ1) is 10.2. The minimum Gasteiger partial charge on any atom is -0.484 e. The van der Waals surface area contributed by atoms with Gasteiger partial charge in [0.15, 0.2) is 5.78 Å². The summed E-state index contributed by atoms with van der Waals surface area (Å²) in [6.45, 7) is 0.445. The van der Waals surface area contributed by atoms with E-state index in [4.69, 9.17) is 9.47 Å². The lowest BCUT2D eigenvalue weighted by molar-refractivity contribution is 0.0844. The summed E-state index contributed by atoms with van der Waals surface area (Å²) >= 11 is 0. The molecule has 0 aliphatic carbocycles. The Hall–Kier alpha value is -2.20. The van der Waals surface area contributed by atoms with Crippen LogP contribution < -0.4 is 4.74 Å². The summed E-state index contributed by atoms with van der Waals surface area (Å²) in [5, 5.41) is 0. The van der Waals surface area contributed by atoms with Crippen LogP contribution >= 0.6 is 0 Å². The van der Waals surface area contributed by atoms with Gasteiger partial charge < -0.3 is 9.47 Å². The van der Waals surface area contributed by atoms with E-state index in [1.165, 1.54) is 18.2 Å². The van der Waals surface area contributed by atoms with Gasteiger partial charge in [-0.3, -0.25) is 4.79 Å². The van der Waals surface area contributed by atoms with Gasteiger partial charge in [0.05, 0.1) is 18.6 Å². The maximum atomic E-state index is 13.3. The third kappa shape index (κ3) is 2.67. The molecule has 1 heterocycles. The van der Waals surface area contributed by atoms with Gasteiger partial charge >= 0.3 is 0 Å². The van der Waals surface area contributed by atoms with Crippen molar-refractivity contribution in [2.45, 2.75) is 19.1 Å². The van der Waals surface area contributed by atoms with Crippen LogP contribution in [0.15, 0.2) is 42.5 Å². The highest BCUT2D eigenvalue weighted by molar-refractivity contribution is 6.00. The second kappa shape index (κ2) is 5.66. The molecule has 108 valence electrons. The fraction of sp³-hybridized carbons (Fsp3) is 0.235. The number of carbonyl (C=O) groups excluding carboxylic acids is 1. The lowest BCUT2D eigenvalue weighted by atomic mass is 9.93. The Balaban J connectivity index is 1.97. The maximum absolute atomic E-state index is 13.3. The van der Waals surface area contributed by atoms with Crippen LogP contribution in [-0.2, 0) is 11.3 Å². The SMILES string of the molecule is COCc1ccccc1C1CC(=O)c2ccc(F)cc2O1. The molecule has 4 heteroatoms. The fourth-order valence-electron chi connectivity index (χ4n) is 2.61. The van der Waals surface area contributed by atoms with Crippen molar-refractivity contribution in [3.05, 3.63) is 65.0 Å². The number of methoxy groups -OCH3 is 1. The first-order valence-electron chi connectivity index (χ1n) is 6.75. The Morgan fingerprint density at radius 1 is 1.29 bits per heavy atom. The molecule has 0 spiro atoms. The predicted octanol–water partition coefficient (Wildman–Crippen LogP) is 3.68. The maximum Gasteiger partial charge on any atom is 0.170 e. The topological polar surface area (TPSA) is 35.5 Å². The monoisotopic (exact) mass is 286 g/mol. The quantitative estimate of drug-likeness (QED) is 0.863. The molecule has 0 radical (unpaired) electrons. The summed E-state index contributed by atoms with van der Waals surface area (Å²) in [4.78, 5) is 12.2. The van der Waals surface area contributed by atoms with Crippen LogP contribution in [0, 0.1) is 5.82 Å². The van der Waals surface area contributed by atoms with Crippen LogP contribution in [0.2, 0.25) is 0 Å². The summed E-state index contributed by atoms with van der Waals surface area (Å²) in [7, 11) is 1.62. The molecule has 0 bridgehead atoms. The Morgan fingerprint density at radius 3 is 2.90 bits per heavy atom. The third-order valence-electron chi connectivity index (χ3n) is 3.59. The van der Waals surface area contributed by atoms with Gasteiger partial charge in [0.25, 0.3) is 0 Å². The normalized spacial score (nSPS) is 17.2. The number of Topliss-reactive ketones (excluding diaryl/α,β-unsaturated/α-hetero) is 1. The smallest absolute Gasteiger partial charge is 0.170 e. The second-order valence-electron chi connectivity index (χ2n) is 5.01. The van der Waals surface area contributed by atoms with Crippen LogP contribution in [-0.4, -0.2) is 12.9 Å². The van der Waals surface area contributed by atoms with E-state index < -0.39 is 11.9 Å². The zero-order valence-corrected chi connectivity index (χ0v) is 11.6. The van der Waals surface area contributed by atoms with Gasteiger partial charge in [0.2, 0.25) is 0 Å². The van der Waals surface area contributed by atoms with Crippen LogP contribution in [0.1, 0.15) is 34.0 Å². The second-order valence-corrected chi connectivity index (χ2v) is 5.01. The Labute approximate surface area is 122 Å². The van der Waals surface area contributed by atoms with E-state index in [-0.39, 0.29) is 12.2 Å². The molecule has 0 fully saturated rings. The van der Waals surface area contributed by atoms with Gasteiger partial charge in [-0.05, 0) is 23.3 Å². The lowest BCUT2D eigenvalue weighted by Crippen LogP contribution is -2.21. The average molecular weight is 286 g/mol. The van der Waals surface area contributed by atoms with Crippen molar-refractivity contribution in [2.75, 3.05) is 7.11 Å². The summed E-state index contributed by atoms with van der Waals surface area (Å²) in [5.41, 5.74) is 2.32. The number of halogens is 1. The first-order valence-corrected chi connectivity index (χ1v) is 6.75. The van der Waals surface area contributed by atoms with Gasteiger partial charge in [-0.25, -0.2) is 4.39 Å². The van der Waals surface area contributed by atoms with Crippen LogP contribution in [0.3, 0.4) is 0 Å². The van der Waals surface area contributed by atoms with E-state index in [1.54, 1.807) is 7.11 Å². The number of ether oxygens (including phenoxy) is 2. The molecule has 2 aromatic rings. The van der Waals surface area contributed by atoms with Crippen LogP contribution in [0.25, 0.3) is 0 Å². The van der Waals surface area contributed by atoms with Crippen molar-refractivity contribution in [2.24, 2.45) is 0 Å². The van der Waals surface area contributed by atoms with Crippen molar-refractivity contribution in [1.29, 1.82) is 0 Å². The zero-order valence-electron chi connectivity index (χ0n) is 11.6. The summed E-state index contributed by atoms with van der Waals surface area (Å²) in [6.07, 6.45) is -0.155. The molecule has 0 amide bonds. The van der Waals surface area contributed by atoms with E-state index in [0.29, 0.717) is 17.9 Å². The van der Waals surface area contributed by atoms with E-state index in [0.717, 1.165) is 11.1 Å². The van der Waals surface area contributed by atoms with Gasteiger partial charge in [0, 0.05) is 13.2 Å². The standard InChI is InChI=1S/C17H15FO3/c1-20-10-11-4-2-3-5-13(11)17-9-15(19)14-7-6-12(18)8-16(14)21-17/h2-8,17H,9-10H2,1H3. The number of benzene rings is 2. The van der Waals surface area contributed by atoms with E-state index in [1.807, 2.05) is 24.3 Å². The summed E-state index contributed by atoms with van der Waals surface area (Å²) in [5.74, 6) is -0.135. The van der Waals surface area contributed by atoms with E-state index in [2.05, 4.69) is 0 Å². The first kappa shape index (κ1) is 13.8. The third-order valence-corrected chi connectivity index (χ3v) is 3.59. The molecule has 21 heavy (non-hydrogen) atoms. The summed E-state index contributed by atoms with van der Waals surface area (Å²) in [6, 6.07) is 11.7. The van der Waals surface area contributed by atoms with Crippen molar-refractivity contribution >= 4 is 5.78 Å². The molecule has 1 aliphatic rings. The highest BCUT2D eigenvalue weighted by atomic mass is 19.1. The molecule has 0 N–H and O–H groups in total. The minimum absolute atomic E-state index is 0.0338.